The Kier molecular flexibility index (Phi) is 7.30. The van der Waals surface area contributed by atoms with Gasteiger partial charge in [-0.15, -0.1) is 0 Å². The highest BCUT2D eigenvalue weighted by Gasteiger charge is 2.51. The molecule has 0 saturated heterocycles. The van der Waals surface area contributed by atoms with E-state index in [1.165, 1.54) is 29.5 Å². The molecule has 0 aliphatic heterocycles. The second kappa shape index (κ2) is 10.9. The predicted molar refractivity (Wildman–Crippen MR) is 153 cm³/mol. The maximum atomic E-state index is 13.1. The third-order valence-corrected chi connectivity index (χ3v) is 9.45. The van der Waals surface area contributed by atoms with Gasteiger partial charge in [-0.05, 0) is 111 Å². The van der Waals surface area contributed by atoms with Crippen molar-refractivity contribution in [1.82, 2.24) is 10.3 Å². The molecule has 2 N–H and O–H groups in total. The van der Waals surface area contributed by atoms with Crippen molar-refractivity contribution < 1.29 is 14.6 Å². The third kappa shape index (κ3) is 5.66. The van der Waals surface area contributed by atoms with Crippen molar-refractivity contribution in [1.29, 1.82) is 0 Å². The topological polar surface area (TPSA) is 71.5 Å². The Bertz CT molecular complexity index is 1320. The molecule has 6 rings (SSSR count). The van der Waals surface area contributed by atoms with Crippen LogP contribution in [0.15, 0.2) is 66.9 Å². The number of carbonyl (C=O) groups excluding carboxylic acids is 1. The number of nitrogens with one attached hydrogen (secondary N) is 1. The number of hydrogen-bond acceptors (Lipinski definition) is 4. The maximum Gasteiger partial charge on any atom is 0.251 e. The zero-order chi connectivity index (χ0) is 26.9. The van der Waals surface area contributed by atoms with Crippen LogP contribution in [-0.4, -0.2) is 34.8 Å². The second-order valence-electron chi connectivity index (χ2n) is 12.2. The van der Waals surface area contributed by atoms with Gasteiger partial charge >= 0.3 is 0 Å². The predicted octanol–water partition coefficient (Wildman–Crippen LogP) is 5.70. The molecule has 0 bridgehead atoms. The summed E-state index contributed by atoms with van der Waals surface area (Å²) in [5, 5.41) is 14.7. The highest BCUT2D eigenvalue weighted by atomic mass is 16.5. The quantitative estimate of drug-likeness (QED) is 0.376. The van der Waals surface area contributed by atoms with E-state index in [4.69, 9.17) is 4.74 Å². The third-order valence-electron chi connectivity index (χ3n) is 9.45. The molecule has 1 heterocycles. The fraction of sp³-hybridized carbons (Fsp3) is 0.471. The lowest BCUT2D eigenvalue weighted by Gasteiger charge is -2.53. The van der Waals surface area contributed by atoms with Crippen molar-refractivity contribution in [3.63, 3.8) is 0 Å². The summed E-state index contributed by atoms with van der Waals surface area (Å²) in [7, 11) is 0. The van der Waals surface area contributed by atoms with Gasteiger partial charge in [0.15, 0.2) is 0 Å². The molecule has 3 atom stereocenters. The zero-order valence-electron chi connectivity index (χ0n) is 23.0. The number of fused-ring (bicyclic) bond motifs is 3. The molecular formula is C34H40N2O3. The first-order valence-corrected chi connectivity index (χ1v) is 14.6. The molecule has 2 saturated carbocycles. The molecular weight excluding hydrogens is 484 g/mol. The van der Waals surface area contributed by atoms with E-state index < -0.39 is 5.60 Å². The summed E-state index contributed by atoms with van der Waals surface area (Å²) in [4.78, 5) is 17.5. The number of aromatic nitrogens is 1. The highest BCUT2D eigenvalue weighted by molar-refractivity contribution is 5.94. The van der Waals surface area contributed by atoms with E-state index in [2.05, 4.69) is 52.8 Å². The second-order valence-corrected chi connectivity index (χ2v) is 12.2. The van der Waals surface area contributed by atoms with Crippen LogP contribution < -0.4 is 5.32 Å². The molecule has 1 aromatic heterocycles. The summed E-state index contributed by atoms with van der Waals surface area (Å²) in [5.41, 5.74) is 5.87. The summed E-state index contributed by atoms with van der Waals surface area (Å²) >= 11 is 0. The number of aliphatic hydroxyl groups is 1. The van der Waals surface area contributed by atoms with Gasteiger partial charge in [-0.1, -0.05) is 42.5 Å². The number of pyridine rings is 1. The van der Waals surface area contributed by atoms with Crippen LogP contribution in [0.2, 0.25) is 0 Å². The normalized spacial score (nSPS) is 25.9. The summed E-state index contributed by atoms with van der Waals surface area (Å²) in [5.74, 6) is 1.03. The summed E-state index contributed by atoms with van der Waals surface area (Å²) in [6.45, 7) is 3.67. The van der Waals surface area contributed by atoms with Crippen molar-refractivity contribution in [2.45, 2.75) is 75.9 Å². The van der Waals surface area contributed by atoms with Gasteiger partial charge in [-0.3, -0.25) is 9.78 Å². The van der Waals surface area contributed by atoms with Gasteiger partial charge in [-0.2, -0.15) is 0 Å². The van der Waals surface area contributed by atoms with Gasteiger partial charge in [0.05, 0.1) is 12.2 Å². The van der Waals surface area contributed by atoms with Gasteiger partial charge in [0.1, 0.15) is 0 Å². The SMILES string of the molecule is Cc1ncccc1CNC(=O)c1ccc2c(c1)CC[C@@H]1C[C@@](O)(COCC3CC3)CC[C@@]21Cc1ccccc1. The fourth-order valence-corrected chi connectivity index (χ4v) is 7.01. The van der Waals surface area contributed by atoms with E-state index in [1.807, 2.05) is 25.1 Å². The van der Waals surface area contributed by atoms with Crippen LogP contribution in [-0.2, 0) is 29.5 Å². The molecule has 2 fully saturated rings. The number of nitrogens with zero attached hydrogens (tertiary/aromatic N) is 1. The first kappa shape index (κ1) is 26.2. The number of amides is 1. The van der Waals surface area contributed by atoms with Gasteiger partial charge in [0, 0.05) is 36.0 Å². The first-order valence-electron chi connectivity index (χ1n) is 14.6. The van der Waals surface area contributed by atoms with Crippen LogP contribution in [0.4, 0.5) is 0 Å². The summed E-state index contributed by atoms with van der Waals surface area (Å²) in [6.07, 6.45) is 9.65. The lowest BCUT2D eigenvalue weighted by atomic mass is 9.52. The Morgan fingerprint density at radius 1 is 1.08 bits per heavy atom. The minimum absolute atomic E-state index is 0.0422. The van der Waals surface area contributed by atoms with E-state index >= 15 is 0 Å². The summed E-state index contributed by atoms with van der Waals surface area (Å²) < 4.78 is 6.01. The molecule has 204 valence electrons. The molecule has 3 aliphatic carbocycles. The zero-order valence-corrected chi connectivity index (χ0v) is 23.0. The number of carbonyl (C=O) groups is 1. The van der Waals surface area contributed by atoms with Crippen LogP contribution >= 0.6 is 0 Å². The van der Waals surface area contributed by atoms with Crippen LogP contribution in [0.25, 0.3) is 0 Å². The van der Waals surface area contributed by atoms with Crippen molar-refractivity contribution in [2.24, 2.45) is 11.8 Å². The van der Waals surface area contributed by atoms with Gasteiger partial charge in [0.2, 0.25) is 0 Å². The van der Waals surface area contributed by atoms with E-state index in [1.54, 1.807) is 6.20 Å². The molecule has 2 aromatic carbocycles. The Balaban J connectivity index is 1.24. The molecule has 3 aliphatic rings. The van der Waals surface area contributed by atoms with E-state index in [0.29, 0.717) is 30.6 Å². The smallest absolute Gasteiger partial charge is 0.251 e. The molecule has 0 unspecified atom stereocenters. The molecule has 5 heteroatoms. The van der Waals surface area contributed by atoms with Crippen molar-refractivity contribution >= 4 is 5.91 Å². The van der Waals surface area contributed by atoms with Crippen LogP contribution in [0.3, 0.4) is 0 Å². The lowest BCUT2D eigenvalue weighted by molar-refractivity contribution is -0.102. The number of hydrogen-bond donors (Lipinski definition) is 2. The summed E-state index contributed by atoms with van der Waals surface area (Å²) in [6, 6.07) is 21.0. The van der Waals surface area contributed by atoms with E-state index in [0.717, 1.165) is 56.4 Å². The molecule has 0 spiro atoms. The number of ether oxygens (including phenoxy) is 1. The minimum atomic E-state index is -0.749. The Labute approximate surface area is 232 Å². The average Bonchev–Trinajstić information content (AvgIpc) is 3.77. The monoisotopic (exact) mass is 524 g/mol. The molecule has 1 amide bonds. The Morgan fingerprint density at radius 2 is 1.92 bits per heavy atom. The van der Waals surface area contributed by atoms with E-state index in [9.17, 15) is 9.90 Å². The van der Waals surface area contributed by atoms with E-state index in [-0.39, 0.29) is 11.3 Å². The average molecular weight is 525 g/mol. The van der Waals surface area contributed by atoms with Crippen LogP contribution in [0.1, 0.15) is 76.8 Å². The molecule has 39 heavy (non-hydrogen) atoms. The largest absolute Gasteiger partial charge is 0.387 e. The highest BCUT2D eigenvalue weighted by Crippen LogP contribution is 2.54. The van der Waals surface area contributed by atoms with Crippen LogP contribution in [0, 0.1) is 18.8 Å². The Morgan fingerprint density at radius 3 is 2.72 bits per heavy atom. The van der Waals surface area contributed by atoms with Crippen LogP contribution in [0.5, 0.6) is 0 Å². The van der Waals surface area contributed by atoms with Crippen molar-refractivity contribution in [3.8, 4) is 0 Å². The minimum Gasteiger partial charge on any atom is -0.387 e. The number of rotatable bonds is 9. The number of aryl methyl sites for hydroxylation is 2. The van der Waals surface area contributed by atoms with Crippen molar-refractivity contribution in [3.05, 3.63) is 100 Å². The van der Waals surface area contributed by atoms with Crippen molar-refractivity contribution in [2.75, 3.05) is 13.2 Å². The lowest BCUT2D eigenvalue weighted by Crippen LogP contribution is -2.53. The number of benzene rings is 2. The van der Waals surface area contributed by atoms with Gasteiger partial charge < -0.3 is 15.2 Å². The molecule has 0 radical (unpaired) electrons. The maximum absolute atomic E-state index is 13.1. The molecule has 5 nitrogen and oxygen atoms in total. The Hall–Kier alpha value is -3.02. The fourth-order valence-electron chi connectivity index (χ4n) is 7.01. The van der Waals surface area contributed by atoms with Gasteiger partial charge in [-0.25, -0.2) is 0 Å². The van der Waals surface area contributed by atoms with Gasteiger partial charge in [0.25, 0.3) is 5.91 Å². The first-order chi connectivity index (χ1) is 18.9. The molecule has 3 aromatic rings. The standard InChI is InChI=1S/C34H40N2O3/c1-24-29(8-5-17-35-24)21-36-32(37)28-12-14-31-27(18-28)11-13-30-20-33(38,23-39-22-26-9-10-26)15-16-34(30,31)19-25-6-3-2-4-7-25/h2-8,12,14,17-18,26,30,38H,9-11,13,15-16,19-23H2,1H3,(H,36,37)/t30-,33-,34+/m1/s1.